The minimum Gasteiger partial charge on any atom is -0.327 e. The van der Waals surface area contributed by atoms with Gasteiger partial charge in [-0.2, -0.15) is 0 Å². The summed E-state index contributed by atoms with van der Waals surface area (Å²) in [4.78, 5) is 2.41. The Morgan fingerprint density at radius 3 is 1.86 bits per heavy atom. The molecule has 86 valence electrons. The molecule has 0 amide bonds. The van der Waals surface area contributed by atoms with Crippen LogP contribution in [0.3, 0.4) is 0 Å². The molecule has 14 heavy (non-hydrogen) atoms. The fourth-order valence-corrected chi connectivity index (χ4v) is 1.44. The molecule has 0 saturated carbocycles. The minimum absolute atomic E-state index is 0.192. The molecule has 0 aliphatic heterocycles. The lowest BCUT2D eigenvalue weighted by molar-refractivity contribution is 0.127. The maximum absolute atomic E-state index is 5.97. The molecule has 2 unspecified atom stereocenters. The molecule has 0 spiro atoms. The highest BCUT2D eigenvalue weighted by molar-refractivity contribution is 4.82. The molecule has 0 saturated heterocycles. The van der Waals surface area contributed by atoms with Crippen molar-refractivity contribution >= 4 is 0 Å². The zero-order valence-corrected chi connectivity index (χ0v) is 11.0. The quantitative estimate of drug-likeness (QED) is 0.738. The second-order valence-corrected chi connectivity index (χ2v) is 5.68. The highest BCUT2D eigenvalue weighted by Gasteiger charge is 2.26. The first-order valence-corrected chi connectivity index (χ1v) is 5.64. The summed E-state index contributed by atoms with van der Waals surface area (Å²) in [7, 11) is 2.19. The second kappa shape index (κ2) is 5.13. The van der Waals surface area contributed by atoms with Crippen LogP contribution in [-0.4, -0.2) is 30.6 Å². The Hall–Kier alpha value is -0.0800. The lowest BCUT2D eigenvalue weighted by atomic mass is 9.85. The predicted octanol–water partition coefficient (Wildman–Crippen LogP) is 2.34. The van der Waals surface area contributed by atoms with Crippen molar-refractivity contribution in [2.45, 2.75) is 53.6 Å². The average Bonchev–Trinajstić information content (AvgIpc) is 2.01. The molecule has 2 heteroatoms. The van der Waals surface area contributed by atoms with Gasteiger partial charge in [0.25, 0.3) is 0 Å². The van der Waals surface area contributed by atoms with Gasteiger partial charge in [0.15, 0.2) is 0 Å². The van der Waals surface area contributed by atoms with Gasteiger partial charge in [0.1, 0.15) is 0 Å². The molecule has 2 N–H and O–H groups in total. The molecule has 0 radical (unpaired) electrons. The first-order valence-electron chi connectivity index (χ1n) is 5.64. The Morgan fingerprint density at radius 2 is 1.57 bits per heavy atom. The van der Waals surface area contributed by atoms with Gasteiger partial charge in [-0.05, 0) is 32.2 Å². The van der Waals surface area contributed by atoms with E-state index in [1.807, 2.05) is 0 Å². The Bertz CT molecular complexity index is 162. The van der Waals surface area contributed by atoms with E-state index in [0.717, 1.165) is 6.54 Å². The van der Waals surface area contributed by atoms with E-state index in [2.05, 4.69) is 53.5 Å². The van der Waals surface area contributed by atoms with Crippen LogP contribution in [0.15, 0.2) is 0 Å². The fourth-order valence-electron chi connectivity index (χ4n) is 1.44. The summed E-state index contributed by atoms with van der Waals surface area (Å²) in [6, 6.07) is 0.859. The van der Waals surface area contributed by atoms with Gasteiger partial charge in [0, 0.05) is 18.6 Å². The van der Waals surface area contributed by atoms with E-state index in [1.54, 1.807) is 0 Å². The third kappa shape index (κ3) is 3.97. The number of hydrogen-bond acceptors (Lipinski definition) is 2. The van der Waals surface area contributed by atoms with Crippen molar-refractivity contribution in [3.8, 4) is 0 Å². The Kier molecular flexibility index (Phi) is 5.10. The van der Waals surface area contributed by atoms with Crippen molar-refractivity contribution < 1.29 is 0 Å². The summed E-state index contributed by atoms with van der Waals surface area (Å²) in [6.07, 6.45) is 0. The molecule has 0 aliphatic carbocycles. The molecule has 0 bridgehead atoms. The van der Waals surface area contributed by atoms with Gasteiger partial charge in [-0.3, -0.25) is 0 Å². The monoisotopic (exact) mass is 200 g/mol. The third-order valence-electron chi connectivity index (χ3n) is 3.55. The Labute approximate surface area is 89.9 Å². The summed E-state index contributed by atoms with van der Waals surface area (Å²) < 4.78 is 0. The maximum Gasteiger partial charge on any atom is 0.00871 e. The molecule has 0 fully saturated rings. The van der Waals surface area contributed by atoms with E-state index in [-0.39, 0.29) is 11.5 Å². The second-order valence-electron chi connectivity index (χ2n) is 5.68. The van der Waals surface area contributed by atoms with E-state index < -0.39 is 0 Å². The average molecular weight is 200 g/mol. The molecule has 0 aromatic heterocycles. The molecular weight excluding hydrogens is 172 g/mol. The summed E-state index contributed by atoms with van der Waals surface area (Å²) in [5.41, 5.74) is 6.16. The molecule has 2 nitrogen and oxygen atoms in total. The van der Waals surface area contributed by atoms with Gasteiger partial charge >= 0.3 is 0 Å². The SMILES string of the molecule is CC(C)C(C)N(C)CC(C)(C)C(C)N. The molecule has 0 aromatic rings. The standard InChI is InChI=1S/C12H28N2/c1-9(2)10(3)14(7)8-12(5,6)11(4)13/h9-11H,8,13H2,1-7H3. The van der Waals surface area contributed by atoms with E-state index in [1.165, 1.54) is 0 Å². The molecule has 0 aromatic carbocycles. The number of nitrogens with zero attached hydrogens (tertiary/aromatic N) is 1. The smallest absolute Gasteiger partial charge is 0.00871 e. The lowest BCUT2D eigenvalue weighted by Crippen LogP contribution is -2.46. The first kappa shape index (κ1) is 13.9. The van der Waals surface area contributed by atoms with Crippen molar-refractivity contribution in [3.05, 3.63) is 0 Å². The van der Waals surface area contributed by atoms with Crippen molar-refractivity contribution in [1.82, 2.24) is 4.90 Å². The summed E-state index contributed by atoms with van der Waals surface area (Å²) in [6.45, 7) is 14.4. The van der Waals surface area contributed by atoms with Gasteiger partial charge in [0.05, 0.1) is 0 Å². The summed E-state index contributed by atoms with van der Waals surface area (Å²) in [5, 5.41) is 0. The molecule has 2 atom stereocenters. The van der Waals surface area contributed by atoms with Gasteiger partial charge < -0.3 is 10.6 Å². The van der Waals surface area contributed by atoms with E-state index in [4.69, 9.17) is 5.73 Å². The molecule has 0 aliphatic rings. The van der Waals surface area contributed by atoms with E-state index in [9.17, 15) is 0 Å². The van der Waals surface area contributed by atoms with Gasteiger partial charge in [-0.25, -0.2) is 0 Å². The van der Waals surface area contributed by atoms with Crippen LogP contribution in [0.4, 0.5) is 0 Å². The van der Waals surface area contributed by atoms with E-state index in [0.29, 0.717) is 12.0 Å². The predicted molar refractivity (Wildman–Crippen MR) is 64.4 cm³/mol. The highest BCUT2D eigenvalue weighted by atomic mass is 15.1. The van der Waals surface area contributed by atoms with Crippen LogP contribution in [0.1, 0.15) is 41.5 Å². The van der Waals surface area contributed by atoms with Crippen molar-refractivity contribution in [2.24, 2.45) is 17.1 Å². The molecule has 0 rings (SSSR count). The van der Waals surface area contributed by atoms with Crippen molar-refractivity contribution in [1.29, 1.82) is 0 Å². The van der Waals surface area contributed by atoms with Crippen LogP contribution >= 0.6 is 0 Å². The largest absolute Gasteiger partial charge is 0.327 e. The topological polar surface area (TPSA) is 29.3 Å². The number of rotatable bonds is 5. The summed E-state index contributed by atoms with van der Waals surface area (Å²) in [5.74, 6) is 0.698. The number of hydrogen-bond donors (Lipinski definition) is 1. The van der Waals surface area contributed by atoms with Crippen molar-refractivity contribution in [3.63, 3.8) is 0 Å². The third-order valence-corrected chi connectivity index (χ3v) is 3.55. The van der Waals surface area contributed by atoms with Gasteiger partial charge in [-0.15, -0.1) is 0 Å². The maximum atomic E-state index is 5.97. The minimum atomic E-state index is 0.192. The summed E-state index contributed by atoms with van der Waals surface area (Å²) >= 11 is 0. The normalized spacial score (nSPS) is 17.6. The van der Waals surface area contributed by atoms with Crippen LogP contribution in [0.25, 0.3) is 0 Å². The van der Waals surface area contributed by atoms with Crippen LogP contribution < -0.4 is 5.73 Å². The Balaban J connectivity index is 4.24. The van der Waals surface area contributed by atoms with Crippen LogP contribution in [0.5, 0.6) is 0 Å². The highest BCUT2D eigenvalue weighted by Crippen LogP contribution is 2.22. The van der Waals surface area contributed by atoms with Gasteiger partial charge in [-0.1, -0.05) is 27.7 Å². The Morgan fingerprint density at radius 1 is 1.14 bits per heavy atom. The lowest BCUT2D eigenvalue weighted by Gasteiger charge is -2.37. The van der Waals surface area contributed by atoms with Crippen LogP contribution in [0, 0.1) is 11.3 Å². The zero-order valence-electron chi connectivity index (χ0n) is 11.0. The number of nitrogens with two attached hydrogens (primary N) is 1. The van der Waals surface area contributed by atoms with Crippen LogP contribution in [-0.2, 0) is 0 Å². The van der Waals surface area contributed by atoms with E-state index >= 15 is 0 Å². The zero-order chi connectivity index (χ0) is 11.5. The first-order chi connectivity index (χ1) is 6.18. The molecular formula is C12H28N2. The van der Waals surface area contributed by atoms with Crippen molar-refractivity contribution in [2.75, 3.05) is 13.6 Å². The van der Waals surface area contributed by atoms with Gasteiger partial charge in [0.2, 0.25) is 0 Å². The molecule has 0 heterocycles. The fraction of sp³-hybridized carbons (Fsp3) is 1.00. The van der Waals surface area contributed by atoms with Crippen LogP contribution in [0.2, 0.25) is 0 Å².